The number of urea groups is 1. The van der Waals surface area contributed by atoms with Crippen molar-refractivity contribution in [1.82, 2.24) is 4.90 Å². The Balaban J connectivity index is 1.71. The zero-order valence-electron chi connectivity index (χ0n) is 12.8. The minimum atomic E-state index is -0.829. The SMILES string of the molecule is Cc1ccc(CN(C(=O)Nc2ccc(Cl)cc2)[C@H]2C[C@H](F)C2)o1. The molecule has 3 rings (SSSR count). The first kappa shape index (κ1) is 15.9. The summed E-state index contributed by atoms with van der Waals surface area (Å²) in [5, 5.41) is 3.43. The third-order valence-corrected chi connectivity index (χ3v) is 4.23. The number of carbonyl (C=O) groups excluding carboxylic acids is 1. The van der Waals surface area contributed by atoms with Crippen molar-refractivity contribution in [2.75, 3.05) is 5.32 Å². The van der Waals surface area contributed by atoms with Crippen molar-refractivity contribution >= 4 is 23.3 Å². The zero-order chi connectivity index (χ0) is 16.4. The summed E-state index contributed by atoms with van der Waals surface area (Å²) in [4.78, 5) is 14.2. The monoisotopic (exact) mass is 336 g/mol. The number of nitrogens with zero attached hydrogens (tertiary/aromatic N) is 1. The fourth-order valence-corrected chi connectivity index (χ4v) is 2.74. The summed E-state index contributed by atoms with van der Waals surface area (Å²) in [6.07, 6.45) is -0.0919. The number of rotatable bonds is 4. The van der Waals surface area contributed by atoms with Gasteiger partial charge in [0, 0.05) is 16.8 Å². The average molecular weight is 337 g/mol. The molecule has 6 heteroatoms. The summed E-state index contributed by atoms with van der Waals surface area (Å²) in [7, 11) is 0. The van der Waals surface area contributed by atoms with Crippen LogP contribution in [0, 0.1) is 6.92 Å². The van der Waals surface area contributed by atoms with E-state index in [0.29, 0.717) is 35.9 Å². The molecule has 1 fully saturated rings. The first-order valence-electron chi connectivity index (χ1n) is 7.54. The number of nitrogens with one attached hydrogen (secondary N) is 1. The van der Waals surface area contributed by atoms with Gasteiger partial charge in [-0.2, -0.15) is 0 Å². The van der Waals surface area contributed by atoms with E-state index < -0.39 is 6.17 Å². The molecular formula is C17H18ClFN2O2. The van der Waals surface area contributed by atoms with Crippen LogP contribution < -0.4 is 5.32 Å². The average Bonchev–Trinajstić information content (AvgIpc) is 2.89. The van der Waals surface area contributed by atoms with E-state index in [-0.39, 0.29) is 12.1 Å². The van der Waals surface area contributed by atoms with Gasteiger partial charge in [-0.05, 0) is 56.2 Å². The Hall–Kier alpha value is -2.01. The lowest BCUT2D eigenvalue weighted by Crippen LogP contribution is -2.49. The molecule has 2 aromatic rings. The fourth-order valence-electron chi connectivity index (χ4n) is 2.61. The molecule has 1 saturated carbocycles. The van der Waals surface area contributed by atoms with E-state index in [1.165, 1.54) is 0 Å². The number of furan rings is 1. The van der Waals surface area contributed by atoms with Crippen molar-refractivity contribution in [3.05, 3.63) is 52.9 Å². The van der Waals surface area contributed by atoms with Crippen LogP contribution in [0.3, 0.4) is 0 Å². The van der Waals surface area contributed by atoms with Crippen LogP contribution in [0.25, 0.3) is 0 Å². The zero-order valence-corrected chi connectivity index (χ0v) is 13.5. The summed E-state index contributed by atoms with van der Waals surface area (Å²) in [6.45, 7) is 2.17. The van der Waals surface area contributed by atoms with Crippen LogP contribution in [0.15, 0.2) is 40.8 Å². The molecule has 0 atom stereocenters. The van der Waals surface area contributed by atoms with E-state index in [1.807, 2.05) is 19.1 Å². The molecule has 0 unspecified atom stereocenters. The number of anilines is 1. The number of benzene rings is 1. The second-order valence-corrected chi connectivity index (χ2v) is 6.24. The van der Waals surface area contributed by atoms with E-state index >= 15 is 0 Å². The Labute approximate surface area is 139 Å². The van der Waals surface area contributed by atoms with Gasteiger partial charge in [-0.3, -0.25) is 0 Å². The molecule has 1 N–H and O–H groups in total. The quantitative estimate of drug-likeness (QED) is 0.873. The molecule has 0 spiro atoms. The summed E-state index contributed by atoms with van der Waals surface area (Å²) in [6, 6.07) is 10.2. The van der Waals surface area contributed by atoms with Crippen molar-refractivity contribution in [2.24, 2.45) is 0 Å². The molecule has 2 amide bonds. The molecule has 0 bridgehead atoms. The maximum atomic E-state index is 13.2. The predicted octanol–water partition coefficient (Wildman–Crippen LogP) is 4.78. The van der Waals surface area contributed by atoms with Crippen LogP contribution in [-0.4, -0.2) is 23.1 Å². The number of amides is 2. The van der Waals surface area contributed by atoms with E-state index in [9.17, 15) is 9.18 Å². The van der Waals surface area contributed by atoms with Crippen molar-refractivity contribution in [3.63, 3.8) is 0 Å². The fraction of sp³-hybridized carbons (Fsp3) is 0.353. The number of hydrogen-bond acceptors (Lipinski definition) is 2. The molecule has 0 radical (unpaired) electrons. The van der Waals surface area contributed by atoms with Gasteiger partial charge in [0.15, 0.2) is 0 Å². The molecule has 1 aromatic carbocycles. The van der Waals surface area contributed by atoms with E-state index in [1.54, 1.807) is 29.2 Å². The van der Waals surface area contributed by atoms with Gasteiger partial charge in [-0.25, -0.2) is 9.18 Å². The second kappa shape index (κ2) is 6.62. The third kappa shape index (κ3) is 3.85. The molecule has 23 heavy (non-hydrogen) atoms. The highest BCUT2D eigenvalue weighted by Gasteiger charge is 2.36. The number of carbonyl (C=O) groups is 1. The molecule has 0 saturated heterocycles. The van der Waals surface area contributed by atoms with Crippen molar-refractivity contribution in [3.8, 4) is 0 Å². The normalized spacial score (nSPS) is 20.0. The van der Waals surface area contributed by atoms with Crippen molar-refractivity contribution in [2.45, 2.75) is 38.5 Å². The van der Waals surface area contributed by atoms with Crippen LogP contribution in [-0.2, 0) is 6.54 Å². The smallest absolute Gasteiger partial charge is 0.322 e. The predicted molar refractivity (Wildman–Crippen MR) is 87.4 cm³/mol. The highest BCUT2D eigenvalue weighted by molar-refractivity contribution is 6.30. The Kier molecular flexibility index (Phi) is 4.57. The molecule has 1 aliphatic rings. The van der Waals surface area contributed by atoms with Gasteiger partial charge in [0.25, 0.3) is 0 Å². The molecule has 1 heterocycles. The molecule has 1 aliphatic carbocycles. The molecule has 0 aliphatic heterocycles. The van der Waals surface area contributed by atoms with Crippen LogP contribution in [0.4, 0.5) is 14.9 Å². The molecule has 122 valence electrons. The van der Waals surface area contributed by atoms with Crippen LogP contribution >= 0.6 is 11.6 Å². The van der Waals surface area contributed by atoms with Crippen LogP contribution in [0.1, 0.15) is 24.4 Å². The molecule has 1 aromatic heterocycles. The largest absolute Gasteiger partial charge is 0.464 e. The van der Waals surface area contributed by atoms with Crippen molar-refractivity contribution < 1.29 is 13.6 Å². The summed E-state index contributed by atoms with van der Waals surface area (Å²) < 4.78 is 18.8. The Morgan fingerprint density at radius 3 is 2.57 bits per heavy atom. The maximum absolute atomic E-state index is 13.2. The van der Waals surface area contributed by atoms with Gasteiger partial charge in [-0.1, -0.05) is 11.6 Å². The highest BCUT2D eigenvalue weighted by atomic mass is 35.5. The third-order valence-electron chi connectivity index (χ3n) is 3.97. The minimum absolute atomic E-state index is 0.109. The number of aryl methyl sites for hydroxylation is 1. The topological polar surface area (TPSA) is 45.5 Å². The lowest BCUT2D eigenvalue weighted by Gasteiger charge is -2.39. The first-order valence-corrected chi connectivity index (χ1v) is 7.91. The van der Waals surface area contributed by atoms with Gasteiger partial charge < -0.3 is 14.6 Å². The second-order valence-electron chi connectivity index (χ2n) is 5.80. The standard InChI is InChI=1S/C17H18ClFN2O2/c1-11-2-7-16(23-11)10-21(15-8-13(19)9-15)17(22)20-14-5-3-12(18)4-6-14/h2-7,13,15H,8-10H2,1H3,(H,20,22)/t13-,15-. The Bertz CT molecular complexity index is 680. The van der Waals surface area contributed by atoms with Gasteiger partial charge in [-0.15, -0.1) is 0 Å². The molecule has 4 nitrogen and oxygen atoms in total. The van der Waals surface area contributed by atoms with Crippen LogP contribution in [0.5, 0.6) is 0 Å². The Morgan fingerprint density at radius 2 is 2.00 bits per heavy atom. The van der Waals surface area contributed by atoms with Gasteiger partial charge in [0.2, 0.25) is 0 Å². The lowest BCUT2D eigenvalue weighted by molar-refractivity contribution is 0.0711. The van der Waals surface area contributed by atoms with Gasteiger partial charge in [0.1, 0.15) is 17.7 Å². The van der Waals surface area contributed by atoms with Gasteiger partial charge in [0.05, 0.1) is 6.54 Å². The van der Waals surface area contributed by atoms with Gasteiger partial charge >= 0.3 is 6.03 Å². The minimum Gasteiger partial charge on any atom is -0.464 e. The van der Waals surface area contributed by atoms with E-state index in [4.69, 9.17) is 16.0 Å². The number of alkyl halides is 1. The van der Waals surface area contributed by atoms with E-state index in [2.05, 4.69) is 5.32 Å². The van der Waals surface area contributed by atoms with Crippen LogP contribution in [0.2, 0.25) is 5.02 Å². The van der Waals surface area contributed by atoms with E-state index in [0.717, 1.165) is 5.76 Å². The lowest BCUT2D eigenvalue weighted by atomic mass is 9.89. The molecular weight excluding hydrogens is 319 g/mol. The maximum Gasteiger partial charge on any atom is 0.322 e. The highest BCUT2D eigenvalue weighted by Crippen LogP contribution is 2.30. The number of halogens is 2. The summed E-state index contributed by atoms with van der Waals surface area (Å²) in [5.41, 5.74) is 0.649. The Morgan fingerprint density at radius 1 is 1.30 bits per heavy atom. The number of hydrogen-bond donors (Lipinski definition) is 1. The summed E-state index contributed by atoms with van der Waals surface area (Å²) in [5.74, 6) is 1.48. The van der Waals surface area contributed by atoms with Crippen molar-refractivity contribution in [1.29, 1.82) is 0 Å². The first-order chi connectivity index (χ1) is 11.0. The summed E-state index contributed by atoms with van der Waals surface area (Å²) >= 11 is 5.84.